The molecule has 0 bridgehead atoms. The van der Waals surface area contributed by atoms with Crippen molar-refractivity contribution in [2.45, 2.75) is 24.6 Å². The number of primary amides is 1. The molecule has 35 heavy (non-hydrogen) atoms. The molecule has 0 unspecified atom stereocenters. The average molecular weight is 524 g/mol. The number of benzene rings is 1. The van der Waals surface area contributed by atoms with Crippen LogP contribution >= 0.6 is 0 Å². The van der Waals surface area contributed by atoms with Crippen LogP contribution in [0.3, 0.4) is 0 Å². The van der Waals surface area contributed by atoms with E-state index in [9.17, 15) is 53.9 Å². The largest absolute Gasteiger partial charge is 0.418 e. The van der Waals surface area contributed by atoms with E-state index in [0.717, 1.165) is 11.0 Å². The Hall–Kier alpha value is -3.08. The van der Waals surface area contributed by atoms with Gasteiger partial charge in [-0.1, -0.05) is 0 Å². The predicted octanol–water partition coefficient (Wildman–Crippen LogP) is 2.29. The Morgan fingerprint density at radius 3 is 2.09 bits per heavy atom. The lowest BCUT2D eigenvalue weighted by Gasteiger charge is -2.30. The Labute approximate surface area is 190 Å². The minimum atomic E-state index is -5.32. The fourth-order valence-electron chi connectivity index (χ4n) is 3.21. The van der Waals surface area contributed by atoms with Crippen molar-refractivity contribution >= 4 is 29.1 Å². The molecule has 196 valence electrons. The number of hydrogen-bond donors (Lipinski definition) is 2. The maximum absolute atomic E-state index is 13.6. The molecule has 2 rings (SSSR count). The summed E-state index contributed by atoms with van der Waals surface area (Å²) in [5.74, 6) is -4.59. The van der Waals surface area contributed by atoms with E-state index in [1.807, 2.05) is 0 Å². The summed E-state index contributed by atoms with van der Waals surface area (Å²) >= 11 is 0. The fourth-order valence-corrected chi connectivity index (χ4v) is 3.21. The standard InChI is InChI=1S/C18H17F9N4O4/c19-16(20,21)7-30(8-17(22,23)24)13(14(28)33)15(34)29-11-2-1-9(5-10(11)18(25,26)27)31-3-4-35-6-12(31)32/h1-2,5,13H,3-4,6-8H2,(H2,28,33)(H,29,34)/t13-/m1/s1. The number of carbonyl (C=O) groups is 3. The predicted molar refractivity (Wildman–Crippen MR) is 99.9 cm³/mol. The number of morpholine rings is 1. The lowest BCUT2D eigenvalue weighted by Crippen LogP contribution is -2.57. The third-order valence-corrected chi connectivity index (χ3v) is 4.51. The minimum absolute atomic E-state index is 0.0140. The number of nitrogens with zero attached hydrogens (tertiary/aromatic N) is 2. The zero-order valence-corrected chi connectivity index (χ0v) is 17.4. The zero-order chi connectivity index (χ0) is 26.8. The van der Waals surface area contributed by atoms with Gasteiger partial charge in [0.05, 0.1) is 30.9 Å². The molecule has 0 aliphatic carbocycles. The van der Waals surface area contributed by atoms with Gasteiger partial charge in [-0.25, -0.2) is 0 Å². The summed E-state index contributed by atoms with van der Waals surface area (Å²) < 4.78 is 122. The summed E-state index contributed by atoms with van der Waals surface area (Å²) in [6.07, 6.45) is -15.8. The minimum Gasteiger partial charge on any atom is -0.370 e. The van der Waals surface area contributed by atoms with E-state index in [-0.39, 0.29) is 18.8 Å². The van der Waals surface area contributed by atoms with E-state index in [4.69, 9.17) is 10.5 Å². The molecule has 0 spiro atoms. The van der Waals surface area contributed by atoms with Gasteiger partial charge < -0.3 is 20.7 Å². The van der Waals surface area contributed by atoms with Crippen molar-refractivity contribution in [3.63, 3.8) is 0 Å². The van der Waals surface area contributed by atoms with Crippen LogP contribution in [0, 0.1) is 0 Å². The van der Waals surface area contributed by atoms with Gasteiger partial charge in [0.1, 0.15) is 6.61 Å². The molecule has 1 atom stereocenters. The Kier molecular flexibility index (Phi) is 8.26. The molecule has 1 aromatic rings. The Balaban J connectivity index is 2.43. The summed E-state index contributed by atoms with van der Waals surface area (Å²) in [5.41, 5.74) is 1.91. The van der Waals surface area contributed by atoms with Crippen molar-refractivity contribution in [2.24, 2.45) is 5.73 Å². The fraction of sp³-hybridized carbons (Fsp3) is 0.500. The van der Waals surface area contributed by atoms with Crippen molar-refractivity contribution in [3.8, 4) is 0 Å². The third kappa shape index (κ3) is 7.98. The molecule has 1 fully saturated rings. The molecule has 1 heterocycles. The van der Waals surface area contributed by atoms with E-state index in [1.165, 1.54) is 5.32 Å². The number of nitrogens with one attached hydrogen (secondary N) is 1. The van der Waals surface area contributed by atoms with Crippen LogP contribution in [0.5, 0.6) is 0 Å². The highest BCUT2D eigenvalue weighted by molar-refractivity contribution is 6.10. The Bertz CT molecular complexity index is 947. The first kappa shape index (κ1) is 28.2. The number of rotatable bonds is 7. The van der Waals surface area contributed by atoms with E-state index in [0.29, 0.717) is 12.1 Å². The molecule has 1 saturated heterocycles. The highest BCUT2D eigenvalue weighted by Crippen LogP contribution is 2.38. The third-order valence-electron chi connectivity index (χ3n) is 4.51. The topological polar surface area (TPSA) is 105 Å². The number of carbonyl (C=O) groups excluding carboxylic acids is 3. The summed E-state index contributed by atoms with van der Waals surface area (Å²) in [6.45, 7) is -5.31. The van der Waals surface area contributed by atoms with Gasteiger partial charge in [-0.05, 0) is 18.2 Å². The average Bonchev–Trinajstić information content (AvgIpc) is 2.65. The van der Waals surface area contributed by atoms with Crippen LogP contribution in [0.1, 0.15) is 5.56 Å². The highest BCUT2D eigenvalue weighted by atomic mass is 19.4. The first-order valence-electron chi connectivity index (χ1n) is 9.46. The van der Waals surface area contributed by atoms with Crippen LogP contribution in [0.15, 0.2) is 18.2 Å². The van der Waals surface area contributed by atoms with Crippen molar-refractivity contribution in [1.29, 1.82) is 0 Å². The molecule has 17 heteroatoms. The van der Waals surface area contributed by atoms with E-state index in [1.54, 1.807) is 0 Å². The second kappa shape index (κ2) is 10.3. The summed E-state index contributed by atoms with van der Waals surface area (Å²) in [5, 5.41) is 1.53. The number of anilines is 2. The van der Waals surface area contributed by atoms with Crippen molar-refractivity contribution in [3.05, 3.63) is 23.8 Å². The lowest BCUT2D eigenvalue weighted by atomic mass is 10.1. The van der Waals surface area contributed by atoms with Crippen LogP contribution in [0.2, 0.25) is 0 Å². The molecule has 1 aromatic carbocycles. The number of halogens is 9. The molecular weight excluding hydrogens is 507 g/mol. The van der Waals surface area contributed by atoms with Crippen LogP contribution < -0.4 is 16.0 Å². The van der Waals surface area contributed by atoms with Gasteiger partial charge in [-0.3, -0.25) is 19.3 Å². The van der Waals surface area contributed by atoms with Crippen LogP contribution in [0.4, 0.5) is 50.9 Å². The maximum Gasteiger partial charge on any atom is 0.418 e. The molecule has 8 nitrogen and oxygen atoms in total. The zero-order valence-electron chi connectivity index (χ0n) is 17.4. The number of nitrogens with two attached hydrogens (primary N) is 1. The monoisotopic (exact) mass is 524 g/mol. The molecular formula is C18H17F9N4O4. The van der Waals surface area contributed by atoms with E-state index < -0.39 is 78.1 Å². The van der Waals surface area contributed by atoms with Gasteiger partial charge in [0.2, 0.25) is 5.91 Å². The van der Waals surface area contributed by atoms with Crippen LogP contribution in [-0.4, -0.2) is 73.9 Å². The highest BCUT2D eigenvalue weighted by Gasteiger charge is 2.45. The lowest BCUT2D eigenvalue weighted by molar-refractivity contribution is -0.187. The SMILES string of the molecule is NC(=O)[C@H](C(=O)Nc1ccc(N2CCOCC2=O)cc1C(F)(F)F)N(CC(F)(F)F)CC(F)(F)F. The van der Waals surface area contributed by atoms with E-state index in [2.05, 4.69) is 0 Å². The van der Waals surface area contributed by atoms with Crippen molar-refractivity contribution in [2.75, 3.05) is 43.1 Å². The van der Waals surface area contributed by atoms with Crippen molar-refractivity contribution in [1.82, 2.24) is 4.90 Å². The quantitative estimate of drug-likeness (QED) is 0.421. The Morgan fingerprint density at radius 2 is 1.63 bits per heavy atom. The molecule has 0 radical (unpaired) electrons. The first-order valence-corrected chi connectivity index (χ1v) is 9.46. The van der Waals surface area contributed by atoms with E-state index >= 15 is 0 Å². The van der Waals surface area contributed by atoms with Crippen LogP contribution in [-0.2, 0) is 25.3 Å². The van der Waals surface area contributed by atoms with Gasteiger partial charge in [0, 0.05) is 12.2 Å². The van der Waals surface area contributed by atoms with Gasteiger partial charge >= 0.3 is 18.5 Å². The number of amides is 3. The second-order valence-corrected chi connectivity index (χ2v) is 7.26. The smallest absolute Gasteiger partial charge is 0.370 e. The summed E-state index contributed by atoms with van der Waals surface area (Å²) in [6, 6.07) is -0.883. The van der Waals surface area contributed by atoms with Gasteiger partial charge in [0.25, 0.3) is 11.8 Å². The first-order chi connectivity index (χ1) is 15.9. The second-order valence-electron chi connectivity index (χ2n) is 7.26. The van der Waals surface area contributed by atoms with Gasteiger partial charge in [0.15, 0.2) is 6.04 Å². The molecule has 3 N–H and O–H groups in total. The van der Waals surface area contributed by atoms with Crippen molar-refractivity contribution < 1.29 is 58.6 Å². The van der Waals surface area contributed by atoms with Gasteiger partial charge in [-0.15, -0.1) is 0 Å². The normalized spacial score (nSPS) is 16.4. The maximum atomic E-state index is 13.6. The number of ether oxygens (including phenoxy) is 1. The molecule has 1 aliphatic rings. The molecule has 3 amide bonds. The summed E-state index contributed by atoms with van der Waals surface area (Å²) in [4.78, 5) is 36.3. The van der Waals surface area contributed by atoms with Gasteiger partial charge in [-0.2, -0.15) is 39.5 Å². The summed E-state index contributed by atoms with van der Waals surface area (Å²) in [7, 11) is 0. The number of hydrogen-bond acceptors (Lipinski definition) is 5. The molecule has 1 aliphatic heterocycles. The van der Waals surface area contributed by atoms with Crippen LogP contribution in [0.25, 0.3) is 0 Å². The molecule has 0 aromatic heterocycles. The number of alkyl halides is 9. The Morgan fingerprint density at radius 1 is 1.06 bits per heavy atom. The molecule has 0 saturated carbocycles.